The molecule has 1 aliphatic heterocycles. The van der Waals surface area contributed by atoms with Gasteiger partial charge in [-0.15, -0.1) is 0 Å². The molecule has 1 N–H and O–H groups in total. The highest BCUT2D eigenvalue weighted by atomic mass is 79.9. The Hall–Kier alpha value is -0.120. The van der Waals surface area contributed by atoms with E-state index in [1.54, 1.807) is 6.07 Å². The smallest absolute Gasteiger partial charge is 0.162 e. The van der Waals surface area contributed by atoms with Crippen LogP contribution in [0, 0.1) is 0 Å². The molecular weight excluding hydrogens is 277 g/mol. The van der Waals surface area contributed by atoms with Crippen LogP contribution in [-0.4, -0.2) is 13.2 Å². The maximum absolute atomic E-state index is 6.04. The van der Waals surface area contributed by atoms with Crippen LogP contribution in [0.25, 0.3) is 0 Å². The van der Waals surface area contributed by atoms with E-state index in [1.807, 2.05) is 0 Å². The molecule has 13 heavy (non-hydrogen) atoms. The second kappa shape index (κ2) is 3.56. The van der Waals surface area contributed by atoms with E-state index in [2.05, 4.69) is 21.2 Å². The van der Waals surface area contributed by atoms with Gasteiger partial charge in [-0.3, -0.25) is 0 Å². The molecule has 0 saturated carbocycles. The number of nitrogens with one attached hydrogen (secondary N) is 1. The van der Waals surface area contributed by atoms with Crippen molar-refractivity contribution in [1.29, 1.82) is 0 Å². The van der Waals surface area contributed by atoms with Crippen molar-refractivity contribution in [1.82, 2.24) is 0 Å². The van der Waals surface area contributed by atoms with Crippen molar-refractivity contribution in [3.05, 3.63) is 20.6 Å². The number of benzene rings is 1. The minimum atomic E-state index is 0.568. The van der Waals surface area contributed by atoms with Gasteiger partial charge in [0.05, 0.1) is 15.7 Å². The van der Waals surface area contributed by atoms with Crippen molar-refractivity contribution >= 4 is 44.8 Å². The highest BCUT2D eigenvalue weighted by Gasteiger charge is 2.18. The summed E-state index contributed by atoms with van der Waals surface area (Å²) in [7, 11) is 0. The number of ether oxygens (including phenoxy) is 1. The lowest BCUT2D eigenvalue weighted by Crippen LogP contribution is -2.18. The summed E-state index contributed by atoms with van der Waals surface area (Å²) in [5.74, 6) is 0.640. The number of hydrogen-bond acceptors (Lipinski definition) is 2. The predicted octanol–water partition coefficient (Wildman–Crippen LogP) is 3.56. The van der Waals surface area contributed by atoms with Crippen LogP contribution in [-0.2, 0) is 0 Å². The summed E-state index contributed by atoms with van der Waals surface area (Å²) in [5, 5.41) is 4.32. The maximum Gasteiger partial charge on any atom is 0.162 e. The lowest BCUT2D eigenvalue weighted by Gasteiger charge is -2.21. The Morgan fingerprint density at radius 1 is 1.46 bits per heavy atom. The molecule has 1 heterocycles. The second-order valence-corrected chi connectivity index (χ2v) is 4.27. The summed E-state index contributed by atoms with van der Waals surface area (Å²) in [4.78, 5) is 0. The van der Waals surface area contributed by atoms with Crippen molar-refractivity contribution in [3.63, 3.8) is 0 Å². The number of fused-ring (bicyclic) bond motifs is 1. The maximum atomic E-state index is 6.04. The number of rotatable bonds is 0. The Balaban J connectivity index is 2.63. The van der Waals surface area contributed by atoms with E-state index in [0.29, 0.717) is 22.4 Å². The van der Waals surface area contributed by atoms with Gasteiger partial charge in [0, 0.05) is 11.0 Å². The van der Waals surface area contributed by atoms with Crippen molar-refractivity contribution in [2.24, 2.45) is 0 Å². The Morgan fingerprint density at radius 3 is 3.00 bits per heavy atom. The molecule has 0 amide bonds. The normalized spacial score (nSPS) is 14.4. The summed E-state index contributed by atoms with van der Waals surface area (Å²) >= 11 is 15.3. The molecule has 5 heteroatoms. The number of anilines is 1. The van der Waals surface area contributed by atoms with Gasteiger partial charge >= 0.3 is 0 Å². The summed E-state index contributed by atoms with van der Waals surface area (Å²) in [6.45, 7) is 1.37. The zero-order valence-electron chi connectivity index (χ0n) is 6.53. The molecule has 0 aliphatic carbocycles. The first-order valence-electron chi connectivity index (χ1n) is 3.74. The van der Waals surface area contributed by atoms with E-state index in [1.165, 1.54) is 0 Å². The first-order valence-corrected chi connectivity index (χ1v) is 5.29. The van der Waals surface area contributed by atoms with Gasteiger partial charge in [-0.05, 0) is 22.0 Å². The molecule has 0 atom stereocenters. The van der Waals surface area contributed by atoms with Crippen LogP contribution >= 0.6 is 39.1 Å². The van der Waals surface area contributed by atoms with E-state index in [0.717, 1.165) is 16.7 Å². The molecule has 0 radical (unpaired) electrons. The molecule has 1 aromatic carbocycles. The van der Waals surface area contributed by atoms with Crippen molar-refractivity contribution in [2.45, 2.75) is 0 Å². The van der Waals surface area contributed by atoms with Crippen LogP contribution in [0.4, 0.5) is 5.69 Å². The van der Waals surface area contributed by atoms with Gasteiger partial charge in [0.2, 0.25) is 0 Å². The molecule has 0 bridgehead atoms. The molecule has 70 valence electrons. The molecule has 0 unspecified atom stereocenters. The van der Waals surface area contributed by atoms with E-state index in [4.69, 9.17) is 27.9 Å². The molecule has 0 saturated heterocycles. The first kappa shape index (κ1) is 9.44. The van der Waals surface area contributed by atoms with E-state index in [9.17, 15) is 0 Å². The van der Waals surface area contributed by atoms with Crippen LogP contribution in [0.5, 0.6) is 5.75 Å². The molecule has 0 spiro atoms. The van der Waals surface area contributed by atoms with Gasteiger partial charge in [0.15, 0.2) is 5.75 Å². The topological polar surface area (TPSA) is 21.3 Å². The van der Waals surface area contributed by atoms with Gasteiger partial charge in [0.25, 0.3) is 0 Å². The fourth-order valence-electron chi connectivity index (χ4n) is 1.21. The largest absolute Gasteiger partial charge is 0.488 e. The second-order valence-electron chi connectivity index (χ2n) is 2.63. The summed E-state index contributed by atoms with van der Waals surface area (Å²) in [6, 6.07) is 1.73. The monoisotopic (exact) mass is 281 g/mol. The van der Waals surface area contributed by atoms with Crippen molar-refractivity contribution < 1.29 is 4.74 Å². The minimum absolute atomic E-state index is 0.568. The minimum Gasteiger partial charge on any atom is -0.488 e. The zero-order chi connectivity index (χ0) is 9.42. The summed E-state index contributed by atoms with van der Waals surface area (Å²) < 4.78 is 6.16. The SMILES string of the molecule is Clc1cc(Br)c(Cl)c2c1OCCN2. The van der Waals surface area contributed by atoms with Gasteiger partial charge in [-0.2, -0.15) is 0 Å². The van der Waals surface area contributed by atoms with Crippen LogP contribution < -0.4 is 10.1 Å². The van der Waals surface area contributed by atoms with Gasteiger partial charge < -0.3 is 10.1 Å². The predicted molar refractivity (Wildman–Crippen MR) is 58.1 cm³/mol. The van der Waals surface area contributed by atoms with Gasteiger partial charge in [-0.1, -0.05) is 23.2 Å². The molecule has 1 aliphatic rings. The van der Waals surface area contributed by atoms with Crippen LogP contribution in [0.1, 0.15) is 0 Å². The molecule has 0 fully saturated rings. The fourth-order valence-corrected chi connectivity index (χ4v) is 2.23. The quantitative estimate of drug-likeness (QED) is 0.735. The molecular formula is C8H6BrCl2NO. The van der Waals surface area contributed by atoms with Gasteiger partial charge in [0.1, 0.15) is 6.61 Å². The Bertz CT molecular complexity index is 356. The van der Waals surface area contributed by atoms with E-state index < -0.39 is 0 Å². The number of hydrogen-bond donors (Lipinski definition) is 1. The zero-order valence-corrected chi connectivity index (χ0v) is 9.63. The Morgan fingerprint density at radius 2 is 2.23 bits per heavy atom. The highest BCUT2D eigenvalue weighted by molar-refractivity contribution is 9.10. The van der Waals surface area contributed by atoms with Crippen LogP contribution in [0.15, 0.2) is 10.5 Å². The third-order valence-electron chi connectivity index (χ3n) is 1.78. The van der Waals surface area contributed by atoms with Gasteiger partial charge in [-0.25, -0.2) is 0 Å². The van der Waals surface area contributed by atoms with Crippen LogP contribution in [0.2, 0.25) is 10.0 Å². The summed E-state index contributed by atoms with van der Waals surface area (Å²) in [6.07, 6.45) is 0. The molecule has 2 nitrogen and oxygen atoms in total. The lowest BCUT2D eigenvalue weighted by atomic mass is 10.2. The average Bonchev–Trinajstić information content (AvgIpc) is 2.15. The van der Waals surface area contributed by atoms with E-state index in [-0.39, 0.29) is 0 Å². The van der Waals surface area contributed by atoms with Crippen molar-refractivity contribution in [3.8, 4) is 5.75 Å². The Labute approximate surface area is 94.3 Å². The Kier molecular flexibility index (Phi) is 2.58. The average molecular weight is 283 g/mol. The fraction of sp³-hybridized carbons (Fsp3) is 0.250. The molecule has 1 aromatic rings. The molecule has 0 aromatic heterocycles. The van der Waals surface area contributed by atoms with Crippen molar-refractivity contribution in [2.75, 3.05) is 18.5 Å². The lowest BCUT2D eigenvalue weighted by molar-refractivity contribution is 0.323. The molecule has 2 rings (SSSR count). The third kappa shape index (κ3) is 1.60. The standard InChI is InChI=1S/C8H6BrCl2NO/c9-4-3-5(10)8-7(6(4)11)12-1-2-13-8/h3,12H,1-2H2. The first-order chi connectivity index (χ1) is 6.20. The highest BCUT2D eigenvalue weighted by Crippen LogP contribution is 2.44. The number of halogens is 3. The van der Waals surface area contributed by atoms with Crippen LogP contribution in [0.3, 0.4) is 0 Å². The van der Waals surface area contributed by atoms with E-state index >= 15 is 0 Å². The third-order valence-corrected chi connectivity index (χ3v) is 3.30. The summed E-state index contributed by atoms with van der Waals surface area (Å²) in [5.41, 5.74) is 0.771.